The third-order valence-corrected chi connectivity index (χ3v) is 5.14. The van der Waals surface area contributed by atoms with Crippen molar-refractivity contribution < 1.29 is 9.53 Å². The lowest BCUT2D eigenvalue weighted by Gasteiger charge is -2.16. The third-order valence-electron chi connectivity index (χ3n) is 3.77. The molecule has 0 fully saturated rings. The maximum Gasteiger partial charge on any atom is 0.243 e. The Labute approximate surface area is 155 Å². The molecule has 0 aliphatic rings. The van der Waals surface area contributed by atoms with Crippen molar-refractivity contribution in [2.45, 2.75) is 6.92 Å². The van der Waals surface area contributed by atoms with E-state index < -0.39 is 0 Å². The van der Waals surface area contributed by atoms with Crippen LogP contribution in [0.3, 0.4) is 0 Å². The van der Waals surface area contributed by atoms with E-state index in [0.717, 1.165) is 32.3 Å². The summed E-state index contributed by atoms with van der Waals surface area (Å²) in [6.07, 6.45) is 0. The smallest absolute Gasteiger partial charge is 0.243 e. The predicted molar refractivity (Wildman–Crippen MR) is 104 cm³/mol. The standard InChI is InChI=1S/C18H18ClN3O2S/c1-11-7-8-12(19)9-13(11)20-16(23)10-22(2)18-21-17-14(24-3)5-4-6-15(17)25-18/h4-9H,10H2,1-3H3,(H,20,23). The zero-order valence-electron chi connectivity index (χ0n) is 14.2. The van der Waals surface area contributed by atoms with Gasteiger partial charge in [-0.25, -0.2) is 4.98 Å². The number of thiazole rings is 1. The molecule has 0 radical (unpaired) electrons. The maximum absolute atomic E-state index is 12.4. The van der Waals surface area contributed by atoms with Crippen LogP contribution in [0.25, 0.3) is 10.2 Å². The average Bonchev–Trinajstić information content (AvgIpc) is 3.02. The second-order valence-corrected chi connectivity index (χ2v) is 7.11. The van der Waals surface area contributed by atoms with Crippen LogP contribution in [0.5, 0.6) is 5.75 Å². The van der Waals surface area contributed by atoms with Crippen molar-refractivity contribution >= 4 is 49.9 Å². The topological polar surface area (TPSA) is 54.5 Å². The van der Waals surface area contributed by atoms with Crippen LogP contribution in [0, 0.1) is 6.92 Å². The van der Waals surface area contributed by atoms with Crippen LogP contribution in [0.15, 0.2) is 36.4 Å². The highest BCUT2D eigenvalue weighted by Crippen LogP contribution is 2.33. The van der Waals surface area contributed by atoms with Crippen LogP contribution in [0.1, 0.15) is 5.56 Å². The van der Waals surface area contributed by atoms with Gasteiger partial charge >= 0.3 is 0 Å². The molecule has 7 heteroatoms. The van der Waals surface area contributed by atoms with E-state index in [1.807, 2.05) is 43.1 Å². The Bertz CT molecular complexity index is 926. The van der Waals surface area contributed by atoms with Gasteiger partial charge < -0.3 is 15.0 Å². The molecule has 0 aliphatic heterocycles. The fraction of sp³-hybridized carbons (Fsp3) is 0.222. The van der Waals surface area contributed by atoms with Crippen molar-refractivity contribution in [3.05, 3.63) is 47.0 Å². The number of ether oxygens (including phenoxy) is 1. The van der Waals surface area contributed by atoms with Crippen molar-refractivity contribution in [3.63, 3.8) is 0 Å². The fourth-order valence-electron chi connectivity index (χ4n) is 2.44. The summed E-state index contributed by atoms with van der Waals surface area (Å²) in [4.78, 5) is 18.8. The first-order valence-corrected chi connectivity index (χ1v) is 8.88. The van der Waals surface area contributed by atoms with Gasteiger partial charge in [0.05, 0.1) is 18.4 Å². The van der Waals surface area contributed by atoms with Crippen molar-refractivity contribution in [2.24, 2.45) is 0 Å². The minimum atomic E-state index is -0.126. The second kappa shape index (κ2) is 7.29. The Kier molecular flexibility index (Phi) is 5.11. The van der Waals surface area contributed by atoms with Crippen LogP contribution >= 0.6 is 22.9 Å². The lowest BCUT2D eigenvalue weighted by molar-refractivity contribution is -0.114. The molecular formula is C18H18ClN3O2S. The number of hydrogen-bond acceptors (Lipinski definition) is 5. The third kappa shape index (κ3) is 3.86. The number of methoxy groups -OCH3 is 1. The Morgan fingerprint density at radius 2 is 2.16 bits per heavy atom. The molecule has 25 heavy (non-hydrogen) atoms. The summed E-state index contributed by atoms with van der Waals surface area (Å²) >= 11 is 7.52. The number of carbonyl (C=O) groups is 1. The van der Waals surface area contributed by atoms with Crippen LogP contribution in [-0.2, 0) is 4.79 Å². The number of nitrogens with zero attached hydrogens (tertiary/aromatic N) is 2. The zero-order valence-corrected chi connectivity index (χ0v) is 15.7. The van der Waals surface area contributed by atoms with Gasteiger partial charge in [-0.2, -0.15) is 0 Å². The predicted octanol–water partition coefficient (Wildman–Crippen LogP) is 4.34. The van der Waals surface area contributed by atoms with Gasteiger partial charge in [0.15, 0.2) is 5.13 Å². The molecule has 0 unspecified atom stereocenters. The van der Waals surface area contributed by atoms with Crippen molar-refractivity contribution in [2.75, 3.05) is 30.9 Å². The normalized spacial score (nSPS) is 10.7. The molecule has 2 aromatic carbocycles. The first kappa shape index (κ1) is 17.5. The number of likely N-dealkylation sites (N-methyl/N-ethyl adjacent to an activating group) is 1. The number of carbonyl (C=O) groups excluding carboxylic acids is 1. The van der Waals surface area contributed by atoms with Crippen LogP contribution in [-0.4, -0.2) is 31.6 Å². The number of aryl methyl sites for hydroxylation is 1. The molecule has 0 bridgehead atoms. The minimum Gasteiger partial charge on any atom is -0.494 e. The number of aromatic nitrogens is 1. The molecule has 3 aromatic rings. The lowest BCUT2D eigenvalue weighted by atomic mass is 10.2. The largest absolute Gasteiger partial charge is 0.494 e. The van der Waals surface area contributed by atoms with Crippen molar-refractivity contribution in [1.82, 2.24) is 4.98 Å². The van der Waals surface area contributed by atoms with Gasteiger partial charge in [0.2, 0.25) is 5.91 Å². The molecule has 0 aliphatic carbocycles. The summed E-state index contributed by atoms with van der Waals surface area (Å²) in [6.45, 7) is 2.11. The maximum atomic E-state index is 12.4. The second-order valence-electron chi connectivity index (χ2n) is 5.67. The number of nitrogens with one attached hydrogen (secondary N) is 1. The highest BCUT2D eigenvalue weighted by Gasteiger charge is 2.15. The number of halogens is 1. The zero-order chi connectivity index (χ0) is 18.0. The Morgan fingerprint density at radius 1 is 1.36 bits per heavy atom. The first-order valence-electron chi connectivity index (χ1n) is 7.68. The summed E-state index contributed by atoms with van der Waals surface area (Å²) in [7, 11) is 3.47. The van der Waals surface area contributed by atoms with E-state index in [4.69, 9.17) is 16.3 Å². The summed E-state index contributed by atoms with van der Waals surface area (Å²) < 4.78 is 6.36. The van der Waals surface area contributed by atoms with E-state index in [9.17, 15) is 4.79 Å². The molecule has 1 amide bonds. The molecule has 130 valence electrons. The molecule has 3 rings (SSSR count). The lowest BCUT2D eigenvalue weighted by Crippen LogP contribution is -2.30. The van der Waals surface area contributed by atoms with Gasteiger partial charge in [0.25, 0.3) is 0 Å². The van der Waals surface area contributed by atoms with E-state index in [1.54, 1.807) is 19.2 Å². The molecule has 0 atom stereocenters. The van der Waals surface area contributed by atoms with E-state index in [1.165, 1.54) is 11.3 Å². The van der Waals surface area contributed by atoms with E-state index in [0.29, 0.717) is 5.02 Å². The van der Waals surface area contributed by atoms with E-state index >= 15 is 0 Å². The highest BCUT2D eigenvalue weighted by atomic mass is 35.5. The summed E-state index contributed by atoms with van der Waals surface area (Å²) in [5.74, 6) is 0.603. The van der Waals surface area contributed by atoms with Gasteiger partial charge in [0.1, 0.15) is 11.3 Å². The van der Waals surface area contributed by atoms with E-state index in [2.05, 4.69) is 10.3 Å². The molecule has 0 spiro atoms. The molecule has 0 saturated carbocycles. The van der Waals surface area contributed by atoms with Crippen molar-refractivity contribution in [3.8, 4) is 5.75 Å². The number of hydrogen-bond donors (Lipinski definition) is 1. The Hall–Kier alpha value is -2.31. The van der Waals surface area contributed by atoms with Crippen molar-refractivity contribution in [1.29, 1.82) is 0 Å². The summed E-state index contributed by atoms with van der Waals surface area (Å²) in [6, 6.07) is 11.2. The SMILES string of the molecule is COc1cccc2sc(N(C)CC(=O)Nc3cc(Cl)ccc3C)nc12. The Balaban J connectivity index is 1.74. The van der Waals surface area contributed by atoms with Gasteiger partial charge in [-0.1, -0.05) is 35.1 Å². The molecular weight excluding hydrogens is 358 g/mol. The molecule has 5 nitrogen and oxygen atoms in total. The van der Waals surface area contributed by atoms with Gasteiger partial charge in [0, 0.05) is 17.8 Å². The van der Waals surface area contributed by atoms with Crippen LogP contribution < -0.4 is 15.0 Å². The number of anilines is 2. The van der Waals surface area contributed by atoms with Gasteiger partial charge in [-0.05, 0) is 36.8 Å². The number of amides is 1. The monoisotopic (exact) mass is 375 g/mol. The minimum absolute atomic E-state index is 0.126. The number of fused-ring (bicyclic) bond motifs is 1. The van der Waals surface area contributed by atoms with Crippen LogP contribution in [0.4, 0.5) is 10.8 Å². The number of benzene rings is 2. The molecule has 1 heterocycles. The molecule has 0 saturated heterocycles. The number of para-hydroxylation sites is 1. The first-order chi connectivity index (χ1) is 12.0. The molecule has 1 aromatic heterocycles. The Morgan fingerprint density at radius 3 is 2.92 bits per heavy atom. The van der Waals surface area contributed by atoms with E-state index in [-0.39, 0.29) is 12.5 Å². The molecule has 1 N–H and O–H groups in total. The quantitative estimate of drug-likeness (QED) is 0.720. The van der Waals surface area contributed by atoms with Crippen LogP contribution in [0.2, 0.25) is 5.02 Å². The van der Waals surface area contributed by atoms with Gasteiger partial charge in [-0.15, -0.1) is 0 Å². The fourth-order valence-corrected chi connectivity index (χ4v) is 3.56. The summed E-state index contributed by atoms with van der Waals surface area (Å²) in [5, 5.41) is 4.25. The van der Waals surface area contributed by atoms with Gasteiger partial charge in [-0.3, -0.25) is 4.79 Å². The average molecular weight is 376 g/mol. The highest BCUT2D eigenvalue weighted by molar-refractivity contribution is 7.22. The summed E-state index contributed by atoms with van der Waals surface area (Å²) in [5.41, 5.74) is 2.49. The number of rotatable bonds is 5.